The average Bonchev–Trinajstić information content (AvgIpc) is 3.33. The van der Waals surface area contributed by atoms with Crippen LogP contribution in [0, 0.1) is 0 Å². The second-order valence-corrected chi connectivity index (χ2v) is 6.59. The molecule has 1 aromatic carbocycles. The van der Waals surface area contributed by atoms with Crippen molar-refractivity contribution in [2.24, 2.45) is 4.99 Å². The Morgan fingerprint density at radius 2 is 1.96 bits per heavy atom. The first-order valence-electron chi connectivity index (χ1n) is 9.71. The van der Waals surface area contributed by atoms with Gasteiger partial charge in [0.15, 0.2) is 11.6 Å². The van der Waals surface area contributed by atoms with Crippen molar-refractivity contribution in [3.05, 3.63) is 66.2 Å². The number of hydrogen-bond donors (Lipinski definition) is 3. The van der Waals surface area contributed by atoms with Crippen molar-refractivity contribution >= 4 is 22.5 Å². The van der Waals surface area contributed by atoms with Gasteiger partial charge in [0.25, 0.3) is 0 Å². The van der Waals surface area contributed by atoms with E-state index in [-0.39, 0.29) is 0 Å². The maximum Gasteiger partial charge on any atom is 0.191 e. The summed E-state index contributed by atoms with van der Waals surface area (Å²) in [4.78, 5) is 8.01. The van der Waals surface area contributed by atoms with E-state index in [0.29, 0.717) is 6.54 Å². The third kappa shape index (κ3) is 3.98. The summed E-state index contributed by atoms with van der Waals surface area (Å²) in [6, 6.07) is 14.3. The van der Waals surface area contributed by atoms with Crippen molar-refractivity contribution in [1.82, 2.24) is 30.2 Å². The summed E-state index contributed by atoms with van der Waals surface area (Å²) in [6.07, 6.45) is 5.75. The summed E-state index contributed by atoms with van der Waals surface area (Å²) in [5.74, 6) is 1.75. The first-order valence-corrected chi connectivity index (χ1v) is 9.71. The van der Waals surface area contributed by atoms with Crippen LogP contribution < -0.4 is 10.6 Å². The molecule has 3 N–H and O–H groups in total. The number of aliphatic imine (C=N–C) groups is 1. The highest BCUT2D eigenvalue weighted by molar-refractivity contribution is 5.83. The highest BCUT2D eigenvalue weighted by Crippen LogP contribution is 2.17. The predicted molar refractivity (Wildman–Crippen MR) is 113 cm³/mol. The molecular weight excluding hydrogens is 350 g/mol. The van der Waals surface area contributed by atoms with Gasteiger partial charge in [-0.2, -0.15) is 0 Å². The van der Waals surface area contributed by atoms with Crippen molar-refractivity contribution in [1.29, 1.82) is 0 Å². The van der Waals surface area contributed by atoms with Crippen LogP contribution in [0.5, 0.6) is 0 Å². The van der Waals surface area contributed by atoms with Crippen molar-refractivity contribution in [3.63, 3.8) is 0 Å². The zero-order valence-corrected chi connectivity index (χ0v) is 16.0. The summed E-state index contributed by atoms with van der Waals surface area (Å²) >= 11 is 0. The Bertz CT molecular complexity index is 1080. The molecule has 3 aromatic heterocycles. The molecule has 0 fully saturated rings. The molecule has 0 atom stereocenters. The summed E-state index contributed by atoms with van der Waals surface area (Å²) in [6.45, 7) is 4.37. The maximum absolute atomic E-state index is 4.68. The Kier molecular flexibility index (Phi) is 5.51. The minimum absolute atomic E-state index is 0.651. The number of fused-ring (bicyclic) bond motifs is 2. The largest absolute Gasteiger partial charge is 0.361 e. The van der Waals surface area contributed by atoms with E-state index in [1.54, 1.807) is 0 Å². The number of aromatic nitrogens is 4. The van der Waals surface area contributed by atoms with Crippen LogP contribution in [0.25, 0.3) is 16.6 Å². The van der Waals surface area contributed by atoms with E-state index in [9.17, 15) is 0 Å². The normalized spacial score (nSPS) is 12.0. The molecule has 0 bridgehead atoms. The van der Waals surface area contributed by atoms with E-state index in [4.69, 9.17) is 0 Å². The first-order chi connectivity index (χ1) is 13.8. The number of rotatable bonds is 7. The number of H-pyrrole nitrogens is 1. The van der Waals surface area contributed by atoms with Crippen molar-refractivity contribution in [3.8, 4) is 0 Å². The molecule has 7 heteroatoms. The van der Waals surface area contributed by atoms with E-state index < -0.39 is 0 Å². The van der Waals surface area contributed by atoms with E-state index in [0.717, 1.165) is 43.4 Å². The van der Waals surface area contributed by atoms with Crippen LogP contribution >= 0.6 is 0 Å². The SMILES string of the molecule is CCNC(=NCCc1nnc2ccccn12)NCCc1c[nH]c2ccccc12. The Morgan fingerprint density at radius 3 is 2.89 bits per heavy atom. The van der Waals surface area contributed by atoms with Gasteiger partial charge in [-0.25, -0.2) is 0 Å². The van der Waals surface area contributed by atoms with Gasteiger partial charge >= 0.3 is 0 Å². The van der Waals surface area contributed by atoms with Gasteiger partial charge in [-0.3, -0.25) is 9.39 Å². The topological polar surface area (TPSA) is 82.4 Å². The fraction of sp³-hybridized carbons (Fsp3) is 0.286. The van der Waals surface area contributed by atoms with Crippen LogP contribution in [-0.4, -0.2) is 45.2 Å². The highest BCUT2D eigenvalue weighted by atomic mass is 15.2. The number of pyridine rings is 1. The smallest absolute Gasteiger partial charge is 0.191 e. The average molecular weight is 375 g/mol. The monoisotopic (exact) mass is 375 g/mol. The zero-order valence-electron chi connectivity index (χ0n) is 16.0. The maximum atomic E-state index is 4.68. The first kappa shape index (κ1) is 18.0. The number of para-hydroxylation sites is 1. The molecule has 3 heterocycles. The molecular formula is C21H25N7. The van der Waals surface area contributed by atoms with Crippen molar-refractivity contribution in [2.45, 2.75) is 19.8 Å². The number of benzene rings is 1. The Balaban J connectivity index is 1.34. The van der Waals surface area contributed by atoms with Crippen LogP contribution in [0.4, 0.5) is 0 Å². The fourth-order valence-corrected chi connectivity index (χ4v) is 3.32. The quantitative estimate of drug-likeness (QED) is 0.342. The Labute approximate surface area is 163 Å². The van der Waals surface area contributed by atoms with E-state index in [1.165, 1.54) is 16.5 Å². The van der Waals surface area contributed by atoms with Crippen LogP contribution in [0.2, 0.25) is 0 Å². The van der Waals surface area contributed by atoms with Crippen LogP contribution in [0.1, 0.15) is 18.3 Å². The number of nitrogens with zero attached hydrogens (tertiary/aromatic N) is 4. The summed E-state index contributed by atoms with van der Waals surface area (Å²) < 4.78 is 2.01. The zero-order chi connectivity index (χ0) is 19.2. The standard InChI is InChI=1S/C21H25N7/c1-2-22-21(23-12-10-16-15-25-18-8-4-3-7-17(16)18)24-13-11-20-27-26-19-9-5-6-14-28(19)20/h3-9,14-15,25H,2,10-13H2,1H3,(H2,22,23,24). The molecule has 28 heavy (non-hydrogen) atoms. The molecule has 0 spiro atoms. The molecule has 0 saturated heterocycles. The van der Waals surface area contributed by atoms with Gasteiger partial charge in [-0.1, -0.05) is 24.3 Å². The molecule has 0 unspecified atom stereocenters. The lowest BCUT2D eigenvalue weighted by Crippen LogP contribution is -2.38. The number of guanidine groups is 1. The predicted octanol–water partition coefficient (Wildman–Crippen LogP) is 2.55. The van der Waals surface area contributed by atoms with Crippen LogP contribution in [0.3, 0.4) is 0 Å². The summed E-state index contributed by atoms with van der Waals surface area (Å²) in [5, 5.41) is 16.5. The molecule has 144 valence electrons. The molecule has 0 saturated carbocycles. The lowest BCUT2D eigenvalue weighted by molar-refractivity contribution is 0.787. The number of nitrogens with one attached hydrogen (secondary N) is 3. The van der Waals surface area contributed by atoms with Crippen LogP contribution in [0.15, 0.2) is 59.9 Å². The van der Waals surface area contributed by atoms with Gasteiger partial charge in [0.2, 0.25) is 0 Å². The Morgan fingerprint density at radius 1 is 1.07 bits per heavy atom. The molecule has 4 aromatic rings. The minimum Gasteiger partial charge on any atom is -0.361 e. The lowest BCUT2D eigenvalue weighted by atomic mass is 10.1. The molecule has 0 aliphatic carbocycles. The minimum atomic E-state index is 0.651. The third-order valence-corrected chi connectivity index (χ3v) is 4.70. The van der Waals surface area contributed by atoms with Gasteiger partial charge in [0.05, 0.1) is 0 Å². The molecule has 0 aliphatic rings. The molecule has 0 radical (unpaired) electrons. The van der Waals surface area contributed by atoms with Crippen LogP contribution in [-0.2, 0) is 12.8 Å². The second kappa shape index (κ2) is 8.56. The molecule has 7 nitrogen and oxygen atoms in total. The van der Waals surface area contributed by atoms with Gasteiger partial charge < -0.3 is 15.6 Å². The van der Waals surface area contributed by atoms with Gasteiger partial charge in [-0.15, -0.1) is 10.2 Å². The molecule has 0 amide bonds. The van der Waals surface area contributed by atoms with Crippen molar-refractivity contribution < 1.29 is 0 Å². The Hall–Kier alpha value is -3.35. The van der Waals surface area contributed by atoms with Crippen molar-refractivity contribution in [2.75, 3.05) is 19.6 Å². The van der Waals surface area contributed by atoms with Gasteiger partial charge in [0, 0.05) is 49.4 Å². The van der Waals surface area contributed by atoms with E-state index >= 15 is 0 Å². The molecule has 0 aliphatic heterocycles. The fourth-order valence-electron chi connectivity index (χ4n) is 3.32. The van der Waals surface area contributed by atoms with E-state index in [2.05, 4.69) is 68.2 Å². The third-order valence-electron chi connectivity index (χ3n) is 4.70. The summed E-state index contributed by atoms with van der Waals surface area (Å²) in [7, 11) is 0. The van der Waals surface area contributed by atoms with E-state index in [1.807, 2.05) is 28.8 Å². The number of aromatic amines is 1. The highest BCUT2D eigenvalue weighted by Gasteiger charge is 2.05. The lowest BCUT2D eigenvalue weighted by Gasteiger charge is -2.11. The van der Waals surface area contributed by atoms with Gasteiger partial charge in [0.1, 0.15) is 5.82 Å². The molecule has 4 rings (SSSR count). The van der Waals surface area contributed by atoms with Gasteiger partial charge in [-0.05, 0) is 37.1 Å². The number of hydrogen-bond acceptors (Lipinski definition) is 3. The summed E-state index contributed by atoms with van der Waals surface area (Å²) in [5.41, 5.74) is 3.36. The second-order valence-electron chi connectivity index (χ2n) is 6.59.